The van der Waals surface area contributed by atoms with E-state index in [-0.39, 0.29) is 11.3 Å². The van der Waals surface area contributed by atoms with Gasteiger partial charge in [0.15, 0.2) is 5.11 Å². The molecule has 0 unspecified atom stereocenters. The van der Waals surface area contributed by atoms with Crippen LogP contribution in [0.5, 0.6) is 0 Å². The molecule has 1 saturated heterocycles. The number of rotatable bonds is 3. The lowest BCUT2D eigenvalue weighted by Gasteiger charge is -2.31. The second kappa shape index (κ2) is 8.93. The molecule has 0 atom stereocenters. The summed E-state index contributed by atoms with van der Waals surface area (Å²) in [5.74, 6) is -0.209. The van der Waals surface area contributed by atoms with Gasteiger partial charge < -0.3 is 15.1 Å². The zero-order chi connectivity index (χ0) is 21.0. The number of hydrogen-bond donors (Lipinski definition) is 3. The second-order valence-corrected chi connectivity index (χ2v) is 9.13. The van der Waals surface area contributed by atoms with E-state index >= 15 is 0 Å². The first-order valence-corrected chi connectivity index (χ1v) is 10.5. The monoisotopic (exact) mass is 411 g/mol. The average Bonchev–Trinajstić information content (AvgIpc) is 2.68. The molecule has 0 aromatic heterocycles. The van der Waals surface area contributed by atoms with Gasteiger partial charge in [0.1, 0.15) is 0 Å². The molecule has 6 heteroatoms. The minimum atomic E-state index is -0.209. The normalized spacial score (nSPS) is 15.1. The van der Waals surface area contributed by atoms with Gasteiger partial charge in [-0.05, 0) is 59.6 Å². The number of nitrogens with zero attached hydrogens (tertiary/aromatic N) is 1. The molecule has 154 valence electrons. The van der Waals surface area contributed by atoms with Gasteiger partial charge in [0.05, 0.1) is 33.2 Å². The number of carbonyl (C=O) groups excluding carboxylic acids is 1. The molecular formula is C23H31N4OS+. The summed E-state index contributed by atoms with van der Waals surface area (Å²) in [6.45, 7) is 10.9. The first-order chi connectivity index (χ1) is 13.7. The van der Waals surface area contributed by atoms with Crippen LogP contribution in [0.15, 0.2) is 48.5 Å². The lowest BCUT2D eigenvalue weighted by atomic mass is 9.87. The van der Waals surface area contributed by atoms with Gasteiger partial charge in [0, 0.05) is 16.9 Å². The van der Waals surface area contributed by atoms with Gasteiger partial charge in [0.25, 0.3) is 5.91 Å². The van der Waals surface area contributed by atoms with Crippen molar-refractivity contribution in [2.24, 2.45) is 0 Å². The molecule has 0 saturated carbocycles. The van der Waals surface area contributed by atoms with E-state index in [0.717, 1.165) is 31.9 Å². The van der Waals surface area contributed by atoms with Crippen LogP contribution in [-0.2, 0) is 5.41 Å². The van der Waals surface area contributed by atoms with Gasteiger partial charge in [-0.25, -0.2) is 0 Å². The van der Waals surface area contributed by atoms with Crippen molar-refractivity contribution in [1.29, 1.82) is 0 Å². The number of quaternary nitrogens is 1. The van der Waals surface area contributed by atoms with Crippen LogP contribution in [0.3, 0.4) is 0 Å². The minimum Gasteiger partial charge on any atom is -0.360 e. The number of hydrogen-bond acceptors (Lipinski definition) is 3. The predicted octanol–water partition coefficient (Wildman–Crippen LogP) is 2.45. The van der Waals surface area contributed by atoms with Crippen molar-refractivity contribution >= 4 is 34.6 Å². The predicted molar refractivity (Wildman–Crippen MR) is 124 cm³/mol. The molecule has 0 aliphatic carbocycles. The van der Waals surface area contributed by atoms with Crippen LogP contribution in [0.4, 0.5) is 11.4 Å². The molecule has 5 nitrogen and oxygen atoms in total. The van der Waals surface area contributed by atoms with E-state index in [0.29, 0.717) is 10.7 Å². The summed E-state index contributed by atoms with van der Waals surface area (Å²) in [5.41, 5.74) is 3.92. The highest BCUT2D eigenvalue weighted by atomic mass is 32.1. The third-order valence-electron chi connectivity index (χ3n) is 5.35. The summed E-state index contributed by atoms with van der Waals surface area (Å²) < 4.78 is 0. The largest absolute Gasteiger partial charge is 0.360 e. The average molecular weight is 412 g/mol. The van der Waals surface area contributed by atoms with Crippen molar-refractivity contribution in [1.82, 2.24) is 5.32 Å². The van der Waals surface area contributed by atoms with Gasteiger partial charge in [-0.2, -0.15) is 0 Å². The number of likely N-dealkylation sites (N-methyl/N-ethyl adjacent to an activating group) is 1. The van der Waals surface area contributed by atoms with Crippen molar-refractivity contribution in [3.8, 4) is 0 Å². The number of anilines is 2. The van der Waals surface area contributed by atoms with Crippen molar-refractivity contribution in [2.45, 2.75) is 26.2 Å². The fourth-order valence-corrected chi connectivity index (χ4v) is 3.57. The Balaban J connectivity index is 1.54. The topological polar surface area (TPSA) is 48.8 Å². The van der Waals surface area contributed by atoms with Gasteiger partial charge in [-0.1, -0.05) is 32.9 Å². The van der Waals surface area contributed by atoms with E-state index in [1.165, 1.54) is 11.3 Å². The Morgan fingerprint density at radius 1 is 1.00 bits per heavy atom. The molecule has 1 aliphatic heterocycles. The molecule has 1 amide bonds. The maximum atomic E-state index is 12.4. The van der Waals surface area contributed by atoms with Crippen LogP contribution in [0.2, 0.25) is 0 Å². The quantitative estimate of drug-likeness (QED) is 0.679. The number of carbonyl (C=O) groups is 1. The molecule has 0 spiro atoms. The number of thiocarbonyl (C=S) groups is 1. The first kappa shape index (κ1) is 21.3. The highest BCUT2D eigenvalue weighted by molar-refractivity contribution is 7.80. The maximum Gasteiger partial charge on any atom is 0.257 e. The zero-order valence-corrected chi connectivity index (χ0v) is 18.5. The van der Waals surface area contributed by atoms with Gasteiger partial charge in [-0.15, -0.1) is 0 Å². The van der Waals surface area contributed by atoms with Crippen LogP contribution in [-0.4, -0.2) is 44.2 Å². The summed E-state index contributed by atoms with van der Waals surface area (Å²) in [6, 6.07) is 15.8. The van der Waals surface area contributed by atoms with E-state index < -0.39 is 0 Å². The van der Waals surface area contributed by atoms with E-state index in [2.05, 4.69) is 55.5 Å². The number of amides is 1. The lowest BCUT2D eigenvalue weighted by Crippen LogP contribution is -3.12. The third-order valence-corrected chi connectivity index (χ3v) is 5.55. The Hall–Kier alpha value is -2.44. The van der Waals surface area contributed by atoms with Crippen LogP contribution < -0.4 is 20.4 Å². The van der Waals surface area contributed by atoms with E-state index in [9.17, 15) is 4.79 Å². The smallest absolute Gasteiger partial charge is 0.257 e. The molecule has 2 aromatic rings. The summed E-state index contributed by atoms with van der Waals surface area (Å²) >= 11 is 5.31. The molecule has 3 N–H and O–H groups in total. The summed E-state index contributed by atoms with van der Waals surface area (Å²) in [4.78, 5) is 16.4. The fourth-order valence-electron chi connectivity index (χ4n) is 3.36. The molecule has 2 aromatic carbocycles. The number of nitrogens with one attached hydrogen (secondary N) is 3. The van der Waals surface area contributed by atoms with E-state index in [1.807, 2.05) is 36.4 Å². The van der Waals surface area contributed by atoms with Crippen LogP contribution >= 0.6 is 12.2 Å². The molecule has 1 fully saturated rings. The summed E-state index contributed by atoms with van der Waals surface area (Å²) in [5, 5.41) is 6.14. The minimum absolute atomic E-state index is 0.0588. The zero-order valence-electron chi connectivity index (χ0n) is 17.7. The molecule has 1 aliphatic rings. The summed E-state index contributed by atoms with van der Waals surface area (Å²) in [6.07, 6.45) is 0. The number of benzene rings is 2. The van der Waals surface area contributed by atoms with E-state index in [4.69, 9.17) is 12.2 Å². The van der Waals surface area contributed by atoms with Crippen LogP contribution in [0.25, 0.3) is 0 Å². The lowest BCUT2D eigenvalue weighted by molar-refractivity contribution is -0.880. The Morgan fingerprint density at radius 2 is 1.59 bits per heavy atom. The van der Waals surface area contributed by atoms with Crippen molar-refractivity contribution in [3.63, 3.8) is 0 Å². The fraction of sp³-hybridized carbons (Fsp3) is 0.391. The molecule has 0 radical (unpaired) electrons. The highest BCUT2D eigenvalue weighted by Crippen LogP contribution is 2.22. The Kier molecular flexibility index (Phi) is 6.55. The van der Waals surface area contributed by atoms with Gasteiger partial charge >= 0.3 is 0 Å². The summed E-state index contributed by atoms with van der Waals surface area (Å²) in [7, 11) is 2.23. The number of piperazine rings is 1. The molecule has 3 rings (SSSR count). The van der Waals surface area contributed by atoms with Crippen molar-refractivity contribution in [3.05, 3.63) is 59.7 Å². The molecule has 29 heavy (non-hydrogen) atoms. The molecule has 0 bridgehead atoms. The highest BCUT2D eigenvalue weighted by Gasteiger charge is 2.17. The Morgan fingerprint density at radius 3 is 2.14 bits per heavy atom. The maximum absolute atomic E-state index is 12.4. The van der Waals surface area contributed by atoms with Gasteiger partial charge in [0.2, 0.25) is 0 Å². The Bertz CT molecular complexity index is 848. The SMILES string of the molecule is C[NH+]1CCN(c2ccc(NC(=S)NC(=O)c3ccc(C(C)(C)C)cc3)cc2)CC1. The van der Waals surface area contributed by atoms with Crippen LogP contribution in [0, 0.1) is 0 Å². The molecular weight excluding hydrogens is 380 g/mol. The molecule has 1 heterocycles. The van der Waals surface area contributed by atoms with Crippen molar-refractivity contribution in [2.75, 3.05) is 43.4 Å². The first-order valence-electron chi connectivity index (χ1n) is 10.1. The third kappa shape index (κ3) is 5.78. The van der Waals surface area contributed by atoms with Crippen molar-refractivity contribution < 1.29 is 9.69 Å². The second-order valence-electron chi connectivity index (χ2n) is 8.73. The standard InChI is InChI=1S/C23H30N4OS/c1-23(2,3)18-7-5-17(6-8-18)21(28)25-22(29)24-19-9-11-20(12-10-19)27-15-13-26(4)14-16-27/h5-12H,13-16H2,1-4H3,(H2,24,25,28,29)/p+1. The Labute approximate surface area is 179 Å². The van der Waals surface area contributed by atoms with Gasteiger partial charge in [-0.3, -0.25) is 10.1 Å². The van der Waals surface area contributed by atoms with E-state index in [1.54, 1.807) is 4.90 Å². The van der Waals surface area contributed by atoms with Crippen LogP contribution in [0.1, 0.15) is 36.7 Å².